The maximum absolute atomic E-state index is 13.1. The van der Waals surface area contributed by atoms with Gasteiger partial charge in [-0.25, -0.2) is 14.8 Å². The number of benzene rings is 2. The normalized spacial score (nSPS) is 19.8. The highest BCUT2D eigenvalue weighted by Gasteiger charge is 2.39. The van der Waals surface area contributed by atoms with Crippen molar-refractivity contribution in [3.63, 3.8) is 0 Å². The Bertz CT molecular complexity index is 1690. The number of rotatable bonds is 7. The van der Waals surface area contributed by atoms with Crippen molar-refractivity contribution >= 4 is 29.4 Å². The number of ether oxygens (including phenoxy) is 2. The second-order valence-corrected chi connectivity index (χ2v) is 14.4. The van der Waals surface area contributed by atoms with Crippen LogP contribution in [0.4, 0.5) is 16.3 Å². The summed E-state index contributed by atoms with van der Waals surface area (Å²) in [6, 6.07) is 11.0. The van der Waals surface area contributed by atoms with Crippen molar-refractivity contribution in [1.29, 1.82) is 0 Å². The minimum Gasteiger partial charge on any atom is -0.488 e. The second-order valence-electron chi connectivity index (χ2n) is 14.4. The largest absolute Gasteiger partial charge is 0.488 e. The third-order valence-electron chi connectivity index (χ3n) is 9.28. The molecule has 2 aromatic carbocycles. The molecule has 3 aliphatic rings. The molecule has 1 fully saturated rings. The van der Waals surface area contributed by atoms with Crippen LogP contribution in [-0.2, 0) is 16.6 Å². The van der Waals surface area contributed by atoms with Gasteiger partial charge in [-0.3, -0.25) is 14.5 Å². The summed E-state index contributed by atoms with van der Waals surface area (Å²) in [6.45, 7) is 10.5. The number of anilines is 2. The minimum atomic E-state index is -0.550. The fraction of sp³-hybridized carbons (Fsp3) is 0.472. The quantitative estimate of drug-likeness (QED) is 0.320. The highest BCUT2D eigenvalue weighted by molar-refractivity contribution is 6.21. The van der Waals surface area contributed by atoms with Crippen molar-refractivity contribution in [2.75, 3.05) is 30.8 Å². The molecule has 3 amide bonds. The van der Waals surface area contributed by atoms with Crippen LogP contribution >= 0.6 is 0 Å². The van der Waals surface area contributed by atoms with Gasteiger partial charge in [-0.15, -0.1) is 0 Å². The van der Waals surface area contributed by atoms with E-state index in [-0.39, 0.29) is 35.9 Å². The molecular formula is C36H44N6O5. The number of nitrogens with zero attached hydrogens (tertiary/aromatic N) is 4. The Morgan fingerprint density at radius 3 is 2.32 bits per heavy atom. The van der Waals surface area contributed by atoms with Crippen LogP contribution in [0.25, 0.3) is 11.3 Å². The van der Waals surface area contributed by atoms with Crippen LogP contribution in [-0.4, -0.2) is 70.7 Å². The van der Waals surface area contributed by atoms with Gasteiger partial charge in [0.1, 0.15) is 23.5 Å². The van der Waals surface area contributed by atoms with Gasteiger partial charge in [0.25, 0.3) is 11.8 Å². The highest BCUT2D eigenvalue weighted by atomic mass is 16.6. The Kier molecular flexibility index (Phi) is 8.36. The molecule has 3 N–H and O–H groups in total. The summed E-state index contributed by atoms with van der Waals surface area (Å²) in [7, 11) is 1.97. The van der Waals surface area contributed by atoms with Crippen LogP contribution in [0.3, 0.4) is 0 Å². The number of carbonyl (C=O) groups excluding carboxylic acids is 3. The lowest BCUT2D eigenvalue weighted by atomic mass is 9.71. The van der Waals surface area contributed by atoms with E-state index in [0.717, 1.165) is 59.5 Å². The molecule has 1 aliphatic heterocycles. The third kappa shape index (κ3) is 6.35. The molecule has 0 unspecified atom stereocenters. The van der Waals surface area contributed by atoms with Gasteiger partial charge < -0.3 is 25.4 Å². The molecule has 0 saturated heterocycles. The molecule has 1 saturated carbocycles. The highest BCUT2D eigenvalue weighted by Crippen LogP contribution is 2.49. The summed E-state index contributed by atoms with van der Waals surface area (Å²) < 4.78 is 12.2. The molecule has 11 nitrogen and oxygen atoms in total. The molecule has 6 rings (SSSR count). The summed E-state index contributed by atoms with van der Waals surface area (Å²) in [5, 5.41) is 3.00. The standard InChI is InChI=1S/C36H44N6O5/c1-35(2,3)47-34(45)40-21-11-13-22(14-12-21)46-27-16-15-23-26(19-36(4,5)28-29(23)38-20-39-31(28)37)30(27)41(6)17-18-42-32(43)24-9-7-8-10-25(24)33(42)44/h7-10,15-16,20-22H,11-14,17-19H2,1-6H3,(H,40,45)(H2,37,38,39)/t21-,22-. The Balaban J connectivity index is 1.26. The first-order valence-corrected chi connectivity index (χ1v) is 16.3. The van der Waals surface area contributed by atoms with Gasteiger partial charge in [0, 0.05) is 37.3 Å². The van der Waals surface area contributed by atoms with Crippen molar-refractivity contribution < 1.29 is 23.9 Å². The number of alkyl carbamates (subject to hydrolysis) is 1. The number of aromatic nitrogens is 2. The molecule has 0 spiro atoms. The van der Waals surface area contributed by atoms with E-state index in [9.17, 15) is 14.4 Å². The molecule has 11 heteroatoms. The van der Waals surface area contributed by atoms with E-state index in [0.29, 0.717) is 29.9 Å². The van der Waals surface area contributed by atoms with Crippen molar-refractivity contribution in [3.05, 3.63) is 65.0 Å². The summed E-state index contributed by atoms with van der Waals surface area (Å²) >= 11 is 0. The van der Waals surface area contributed by atoms with Crippen LogP contribution in [0.15, 0.2) is 42.7 Å². The second kappa shape index (κ2) is 12.2. The predicted molar refractivity (Wildman–Crippen MR) is 180 cm³/mol. The monoisotopic (exact) mass is 640 g/mol. The third-order valence-corrected chi connectivity index (χ3v) is 9.28. The van der Waals surface area contributed by atoms with Gasteiger partial charge in [0.2, 0.25) is 0 Å². The zero-order chi connectivity index (χ0) is 33.7. The minimum absolute atomic E-state index is 0.0254. The van der Waals surface area contributed by atoms with Crippen molar-refractivity contribution in [2.45, 2.75) is 89.9 Å². The van der Waals surface area contributed by atoms with Gasteiger partial charge in [0.15, 0.2) is 0 Å². The lowest BCUT2D eigenvalue weighted by Gasteiger charge is -2.38. The van der Waals surface area contributed by atoms with Crippen LogP contribution < -0.4 is 20.7 Å². The van der Waals surface area contributed by atoms with Crippen LogP contribution in [0.1, 0.15) is 92.1 Å². The molecule has 0 radical (unpaired) electrons. The van der Waals surface area contributed by atoms with Gasteiger partial charge >= 0.3 is 6.09 Å². The lowest BCUT2D eigenvalue weighted by Crippen LogP contribution is -2.42. The first-order valence-electron chi connectivity index (χ1n) is 16.3. The van der Waals surface area contributed by atoms with Gasteiger partial charge in [-0.2, -0.15) is 0 Å². The van der Waals surface area contributed by atoms with Crippen molar-refractivity contribution in [3.8, 4) is 17.0 Å². The Morgan fingerprint density at radius 1 is 1.02 bits per heavy atom. The number of nitrogens with two attached hydrogens (primary N) is 1. The number of carbonyl (C=O) groups is 3. The number of likely N-dealkylation sites (N-methyl/N-ethyl adjacent to an activating group) is 1. The average molecular weight is 641 g/mol. The average Bonchev–Trinajstić information content (AvgIpc) is 3.24. The van der Waals surface area contributed by atoms with Crippen LogP contribution in [0.2, 0.25) is 0 Å². The first-order chi connectivity index (χ1) is 22.2. The fourth-order valence-corrected chi connectivity index (χ4v) is 7.11. The van der Waals surface area contributed by atoms with E-state index in [1.807, 2.05) is 40.0 Å². The smallest absolute Gasteiger partial charge is 0.407 e. The molecule has 3 aromatic rings. The maximum Gasteiger partial charge on any atom is 0.407 e. The number of imide groups is 1. The number of amides is 3. The fourth-order valence-electron chi connectivity index (χ4n) is 7.11. The molecule has 47 heavy (non-hydrogen) atoms. The van der Waals surface area contributed by atoms with Crippen molar-refractivity contribution in [2.24, 2.45) is 0 Å². The van der Waals surface area contributed by atoms with Gasteiger partial charge in [-0.05, 0) is 88.1 Å². The van der Waals surface area contributed by atoms with Crippen LogP contribution in [0.5, 0.6) is 5.75 Å². The zero-order valence-electron chi connectivity index (χ0n) is 28.1. The Morgan fingerprint density at radius 2 is 1.68 bits per heavy atom. The maximum atomic E-state index is 13.1. The molecule has 2 heterocycles. The molecule has 2 aliphatic carbocycles. The number of nitrogen functional groups attached to an aromatic ring is 1. The Hall–Kier alpha value is -4.67. The number of fused-ring (bicyclic) bond motifs is 4. The SMILES string of the molecule is CN(CCN1C(=O)c2ccccc2C1=O)c1c(O[C@H]2CC[C@H](NC(=O)OC(C)(C)C)CC2)ccc2c1CC(C)(C)c1c(N)ncnc1-2. The molecule has 0 atom stereocenters. The molecule has 0 bridgehead atoms. The molecule has 1 aromatic heterocycles. The molecule has 248 valence electrons. The van der Waals surface area contributed by atoms with E-state index in [4.69, 9.17) is 15.2 Å². The van der Waals surface area contributed by atoms with Gasteiger partial charge in [-0.1, -0.05) is 26.0 Å². The van der Waals surface area contributed by atoms with E-state index >= 15 is 0 Å². The summed E-state index contributed by atoms with van der Waals surface area (Å²) in [5.74, 6) is 0.663. The molecular weight excluding hydrogens is 596 g/mol. The van der Waals surface area contributed by atoms with Crippen molar-refractivity contribution in [1.82, 2.24) is 20.2 Å². The van der Waals surface area contributed by atoms with E-state index in [1.54, 1.807) is 24.3 Å². The van der Waals surface area contributed by atoms with E-state index in [1.165, 1.54) is 11.2 Å². The Labute approximate surface area is 275 Å². The van der Waals surface area contributed by atoms with Gasteiger partial charge in [0.05, 0.1) is 28.6 Å². The summed E-state index contributed by atoms with van der Waals surface area (Å²) in [6.07, 6.45) is 4.82. The zero-order valence-corrected chi connectivity index (χ0v) is 28.1. The first kappa shape index (κ1) is 32.3. The van der Waals surface area contributed by atoms with E-state index < -0.39 is 11.7 Å². The summed E-state index contributed by atoms with van der Waals surface area (Å²) in [4.78, 5) is 51.0. The predicted octanol–water partition coefficient (Wildman–Crippen LogP) is 5.51. The lowest BCUT2D eigenvalue weighted by molar-refractivity contribution is 0.0470. The van der Waals surface area contributed by atoms with Crippen LogP contribution in [0, 0.1) is 0 Å². The number of hydrogen-bond acceptors (Lipinski definition) is 9. The van der Waals surface area contributed by atoms with E-state index in [2.05, 4.69) is 34.0 Å². The topological polar surface area (TPSA) is 140 Å². The number of hydrogen-bond donors (Lipinski definition) is 2. The number of nitrogens with one attached hydrogen (secondary N) is 1. The summed E-state index contributed by atoms with van der Waals surface area (Å²) in [5.41, 5.74) is 11.0.